The third kappa shape index (κ3) is 3.65. The molecule has 1 amide bonds. The number of aryl methyl sites for hydroxylation is 1. The number of amides is 1. The quantitative estimate of drug-likeness (QED) is 0.930. The molecular weight excluding hydrogens is 318 g/mol. The van der Waals surface area contributed by atoms with E-state index in [9.17, 15) is 14.7 Å². The summed E-state index contributed by atoms with van der Waals surface area (Å²) < 4.78 is 5.76. The van der Waals surface area contributed by atoms with Crippen LogP contribution >= 0.6 is 0 Å². The van der Waals surface area contributed by atoms with Crippen LogP contribution in [0.5, 0.6) is 5.75 Å². The number of ether oxygens (including phenoxy) is 1. The zero-order valence-electron chi connectivity index (χ0n) is 14.3. The average molecular weight is 339 g/mol. The van der Waals surface area contributed by atoms with Gasteiger partial charge in [-0.15, -0.1) is 0 Å². The standard InChI is InChI=1S/C20H21NO4/c1-13-6-5-8-16(10-13)25-14(2)19(22)21-11-15-7-3-4-9-17(15)18(12-21)20(23)24/h3-10,14,18H,11-12H2,1-2H3,(H,23,24). The van der Waals surface area contributed by atoms with Gasteiger partial charge in [0.05, 0.1) is 5.92 Å². The molecule has 0 fully saturated rings. The molecule has 0 aliphatic carbocycles. The van der Waals surface area contributed by atoms with E-state index in [2.05, 4.69) is 0 Å². The number of carboxylic acid groups (broad SMARTS) is 1. The second-order valence-electron chi connectivity index (χ2n) is 6.38. The van der Waals surface area contributed by atoms with E-state index >= 15 is 0 Å². The van der Waals surface area contributed by atoms with E-state index in [0.717, 1.165) is 16.7 Å². The normalized spacial score (nSPS) is 17.5. The lowest BCUT2D eigenvalue weighted by atomic mass is 9.89. The van der Waals surface area contributed by atoms with Crippen LogP contribution in [0.25, 0.3) is 0 Å². The molecule has 0 saturated heterocycles. The summed E-state index contributed by atoms with van der Waals surface area (Å²) in [4.78, 5) is 26.0. The molecule has 5 nitrogen and oxygen atoms in total. The van der Waals surface area contributed by atoms with Gasteiger partial charge in [-0.1, -0.05) is 36.4 Å². The molecule has 2 atom stereocenters. The van der Waals surface area contributed by atoms with E-state index in [-0.39, 0.29) is 12.5 Å². The molecule has 1 heterocycles. The second-order valence-corrected chi connectivity index (χ2v) is 6.38. The average Bonchev–Trinajstić information content (AvgIpc) is 2.60. The van der Waals surface area contributed by atoms with Crippen LogP contribution in [-0.4, -0.2) is 34.5 Å². The lowest BCUT2D eigenvalue weighted by Crippen LogP contribution is -2.45. The zero-order valence-corrected chi connectivity index (χ0v) is 14.3. The van der Waals surface area contributed by atoms with Crippen molar-refractivity contribution in [2.75, 3.05) is 6.54 Å². The molecule has 2 aromatic carbocycles. The third-order valence-electron chi connectivity index (χ3n) is 4.45. The summed E-state index contributed by atoms with van der Waals surface area (Å²) in [7, 11) is 0. The predicted molar refractivity (Wildman–Crippen MR) is 93.5 cm³/mol. The molecule has 0 spiro atoms. The van der Waals surface area contributed by atoms with Crippen molar-refractivity contribution in [2.24, 2.45) is 0 Å². The zero-order chi connectivity index (χ0) is 18.0. The van der Waals surface area contributed by atoms with E-state index in [1.54, 1.807) is 11.8 Å². The first kappa shape index (κ1) is 17.0. The summed E-state index contributed by atoms with van der Waals surface area (Å²) in [5.41, 5.74) is 2.71. The number of rotatable bonds is 4. The van der Waals surface area contributed by atoms with Crippen molar-refractivity contribution in [3.05, 3.63) is 65.2 Å². The molecule has 1 aliphatic rings. The fourth-order valence-electron chi connectivity index (χ4n) is 3.19. The van der Waals surface area contributed by atoms with Crippen LogP contribution < -0.4 is 4.74 Å². The maximum atomic E-state index is 12.8. The minimum atomic E-state index is -0.919. The fourth-order valence-corrected chi connectivity index (χ4v) is 3.19. The number of carbonyl (C=O) groups excluding carboxylic acids is 1. The highest BCUT2D eigenvalue weighted by Crippen LogP contribution is 2.29. The molecule has 0 radical (unpaired) electrons. The van der Waals surface area contributed by atoms with Crippen molar-refractivity contribution in [1.29, 1.82) is 0 Å². The summed E-state index contributed by atoms with van der Waals surface area (Å²) in [6.45, 7) is 4.21. The summed E-state index contributed by atoms with van der Waals surface area (Å²) in [5.74, 6) is -1.20. The molecular formula is C20H21NO4. The Kier molecular flexibility index (Phi) is 4.74. The molecule has 0 aromatic heterocycles. The molecule has 1 N–H and O–H groups in total. The fraction of sp³-hybridized carbons (Fsp3) is 0.300. The number of hydrogen-bond donors (Lipinski definition) is 1. The van der Waals surface area contributed by atoms with Gasteiger partial charge in [-0.05, 0) is 42.7 Å². The van der Waals surface area contributed by atoms with Crippen molar-refractivity contribution in [1.82, 2.24) is 4.90 Å². The van der Waals surface area contributed by atoms with Crippen molar-refractivity contribution < 1.29 is 19.4 Å². The smallest absolute Gasteiger partial charge is 0.312 e. The van der Waals surface area contributed by atoms with E-state index in [1.165, 1.54) is 0 Å². The molecule has 0 saturated carbocycles. The lowest BCUT2D eigenvalue weighted by molar-refractivity contribution is -0.143. The van der Waals surface area contributed by atoms with Gasteiger partial charge < -0.3 is 14.7 Å². The minimum absolute atomic E-state index is 0.159. The molecule has 25 heavy (non-hydrogen) atoms. The van der Waals surface area contributed by atoms with Crippen LogP contribution in [0.2, 0.25) is 0 Å². The van der Waals surface area contributed by atoms with Gasteiger partial charge in [0.15, 0.2) is 6.10 Å². The Morgan fingerprint density at radius 3 is 2.68 bits per heavy atom. The molecule has 2 aromatic rings. The topological polar surface area (TPSA) is 66.8 Å². The first-order chi connectivity index (χ1) is 12.0. The van der Waals surface area contributed by atoms with Gasteiger partial charge >= 0.3 is 5.97 Å². The number of fused-ring (bicyclic) bond motifs is 1. The maximum Gasteiger partial charge on any atom is 0.312 e. The van der Waals surface area contributed by atoms with Crippen LogP contribution in [0.1, 0.15) is 29.5 Å². The van der Waals surface area contributed by atoms with Crippen LogP contribution in [0.15, 0.2) is 48.5 Å². The van der Waals surface area contributed by atoms with Crippen molar-refractivity contribution in [3.63, 3.8) is 0 Å². The molecule has 1 aliphatic heterocycles. The summed E-state index contributed by atoms with van der Waals surface area (Å²) in [5, 5.41) is 9.52. The Hall–Kier alpha value is -2.82. The number of hydrogen-bond acceptors (Lipinski definition) is 3. The third-order valence-corrected chi connectivity index (χ3v) is 4.45. The summed E-state index contributed by atoms with van der Waals surface area (Å²) >= 11 is 0. The SMILES string of the molecule is Cc1cccc(OC(C)C(=O)N2Cc3ccccc3C(C(=O)O)C2)c1. The van der Waals surface area contributed by atoms with Gasteiger partial charge in [0.2, 0.25) is 0 Å². The predicted octanol–water partition coefficient (Wildman–Crippen LogP) is 2.97. The monoisotopic (exact) mass is 339 g/mol. The van der Waals surface area contributed by atoms with Crippen molar-refractivity contribution >= 4 is 11.9 Å². The van der Waals surface area contributed by atoms with Crippen molar-refractivity contribution in [3.8, 4) is 5.75 Å². The Labute approximate surface area is 146 Å². The number of aliphatic carboxylic acids is 1. The number of carboxylic acids is 1. The Morgan fingerprint density at radius 1 is 1.20 bits per heavy atom. The second kappa shape index (κ2) is 6.97. The van der Waals surface area contributed by atoms with Crippen LogP contribution in [0.3, 0.4) is 0 Å². The van der Waals surface area contributed by atoms with E-state index in [0.29, 0.717) is 12.3 Å². The van der Waals surface area contributed by atoms with Crippen LogP contribution in [0, 0.1) is 6.92 Å². The summed E-state index contributed by atoms with van der Waals surface area (Å²) in [6, 6.07) is 14.9. The largest absolute Gasteiger partial charge is 0.481 e. The van der Waals surface area contributed by atoms with Gasteiger partial charge in [-0.2, -0.15) is 0 Å². The summed E-state index contributed by atoms with van der Waals surface area (Å²) in [6.07, 6.45) is -0.679. The number of benzene rings is 2. The van der Waals surface area contributed by atoms with E-state index in [4.69, 9.17) is 4.74 Å². The molecule has 2 unspecified atom stereocenters. The number of nitrogens with zero attached hydrogens (tertiary/aromatic N) is 1. The first-order valence-corrected chi connectivity index (χ1v) is 8.28. The highest BCUT2D eigenvalue weighted by molar-refractivity contribution is 5.84. The van der Waals surface area contributed by atoms with Crippen molar-refractivity contribution in [2.45, 2.75) is 32.4 Å². The maximum absolute atomic E-state index is 12.8. The highest BCUT2D eigenvalue weighted by Gasteiger charge is 2.34. The molecule has 130 valence electrons. The van der Waals surface area contributed by atoms with Gasteiger partial charge in [0, 0.05) is 13.1 Å². The highest BCUT2D eigenvalue weighted by atomic mass is 16.5. The van der Waals surface area contributed by atoms with Crippen LogP contribution in [-0.2, 0) is 16.1 Å². The Bertz CT molecular complexity index is 802. The van der Waals surface area contributed by atoms with E-state index in [1.807, 2.05) is 55.5 Å². The van der Waals surface area contributed by atoms with Gasteiger partial charge in [-0.25, -0.2) is 0 Å². The van der Waals surface area contributed by atoms with Gasteiger partial charge in [0.25, 0.3) is 5.91 Å². The van der Waals surface area contributed by atoms with E-state index < -0.39 is 18.0 Å². The van der Waals surface area contributed by atoms with Gasteiger partial charge in [0.1, 0.15) is 5.75 Å². The Balaban J connectivity index is 1.77. The first-order valence-electron chi connectivity index (χ1n) is 8.28. The lowest BCUT2D eigenvalue weighted by Gasteiger charge is -2.34. The molecule has 5 heteroatoms. The van der Waals surface area contributed by atoms with Gasteiger partial charge in [-0.3, -0.25) is 9.59 Å². The minimum Gasteiger partial charge on any atom is -0.481 e. The molecule has 3 rings (SSSR count). The Morgan fingerprint density at radius 2 is 1.96 bits per heavy atom. The number of carbonyl (C=O) groups is 2. The molecule has 0 bridgehead atoms. The van der Waals surface area contributed by atoms with Crippen LogP contribution in [0.4, 0.5) is 0 Å².